The second-order valence-electron chi connectivity index (χ2n) is 2.92. The SMILES string of the molecule is O/N=C(/c1ccc(Cl)cc1)N1CC1. The summed E-state index contributed by atoms with van der Waals surface area (Å²) >= 11 is 5.74. The van der Waals surface area contributed by atoms with Crippen molar-refractivity contribution in [3.05, 3.63) is 34.9 Å². The van der Waals surface area contributed by atoms with Crippen LogP contribution in [-0.4, -0.2) is 29.0 Å². The molecule has 0 amide bonds. The Labute approximate surface area is 81.2 Å². The van der Waals surface area contributed by atoms with Gasteiger partial charge in [-0.1, -0.05) is 16.8 Å². The summed E-state index contributed by atoms with van der Waals surface area (Å²) in [6, 6.07) is 7.25. The molecule has 1 fully saturated rings. The predicted octanol–water partition coefficient (Wildman–Crippen LogP) is 1.79. The van der Waals surface area contributed by atoms with Crippen LogP contribution >= 0.6 is 11.6 Å². The molecule has 1 saturated heterocycles. The van der Waals surface area contributed by atoms with Crippen molar-refractivity contribution in [1.29, 1.82) is 0 Å². The summed E-state index contributed by atoms with van der Waals surface area (Å²) < 4.78 is 0. The zero-order valence-electron chi connectivity index (χ0n) is 6.94. The number of hydrogen-bond acceptors (Lipinski definition) is 2. The molecule has 0 atom stereocenters. The lowest BCUT2D eigenvalue weighted by atomic mass is 10.2. The highest BCUT2D eigenvalue weighted by Gasteiger charge is 2.23. The Morgan fingerprint density at radius 2 is 1.92 bits per heavy atom. The summed E-state index contributed by atoms with van der Waals surface area (Å²) in [7, 11) is 0. The van der Waals surface area contributed by atoms with E-state index in [-0.39, 0.29) is 0 Å². The minimum Gasteiger partial charge on any atom is -0.409 e. The van der Waals surface area contributed by atoms with Crippen molar-refractivity contribution in [2.45, 2.75) is 0 Å². The highest BCUT2D eigenvalue weighted by molar-refractivity contribution is 6.30. The van der Waals surface area contributed by atoms with Crippen molar-refractivity contribution in [3.8, 4) is 0 Å². The number of rotatable bonds is 1. The van der Waals surface area contributed by atoms with Crippen molar-refractivity contribution in [2.75, 3.05) is 13.1 Å². The van der Waals surface area contributed by atoms with Crippen molar-refractivity contribution in [2.24, 2.45) is 5.16 Å². The summed E-state index contributed by atoms with van der Waals surface area (Å²) in [6.07, 6.45) is 0. The third kappa shape index (κ3) is 1.75. The molecule has 0 aromatic heterocycles. The van der Waals surface area contributed by atoms with E-state index in [1.54, 1.807) is 12.1 Å². The molecular formula is C9H9ClN2O. The lowest BCUT2D eigenvalue weighted by molar-refractivity contribution is 0.314. The summed E-state index contributed by atoms with van der Waals surface area (Å²) in [5.41, 5.74) is 0.893. The van der Waals surface area contributed by atoms with E-state index in [2.05, 4.69) is 5.16 Å². The monoisotopic (exact) mass is 196 g/mol. The Balaban J connectivity index is 2.28. The van der Waals surface area contributed by atoms with Gasteiger partial charge < -0.3 is 10.1 Å². The molecule has 0 bridgehead atoms. The van der Waals surface area contributed by atoms with Gasteiger partial charge in [-0.05, 0) is 24.3 Å². The third-order valence-corrected chi connectivity index (χ3v) is 2.20. The molecule has 0 saturated carbocycles. The highest BCUT2D eigenvalue weighted by Crippen LogP contribution is 2.15. The van der Waals surface area contributed by atoms with Gasteiger partial charge in [0.15, 0.2) is 5.84 Å². The van der Waals surface area contributed by atoms with Crippen LogP contribution in [0, 0.1) is 0 Å². The summed E-state index contributed by atoms with van der Waals surface area (Å²) in [5, 5.41) is 12.7. The van der Waals surface area contributed by atoms with Gasteiger partial charge in [0.1, 0.15) is 0 Å². The third-order valence-electron chi connectivity index (χ3n) is 1.94. The Bertz CT molecular complexity index is 330. The van der Waals surface area contributed by atoms with Crippen LogP contribution in [0.4, 0.5) is 0 Å². The van der Waals surface area contributed by atoms with Crippen LogP contribution < -0.4 is 0 Å². The first-order valence-electron chi connectivity index (χ1n) is 4.04. The smallest absolute Gasteiger partial charge is 0.175 e. The fourth-order valence-electron chi connectivity index (χ4n) is 1.16. The maximum absolute atomic E-state index is 8.77. The molecule has 0 radical (unpaired) electrons. The molecule has 1 aromatic rings. The van der Waals surface area contributed by atoms with E-state index >= 15 is 0 Å². The fourth-order valence-corrected chi connectivity index (χ4v) is 1.29. The van der Waals surface area contributed by atoms with E-state index in [1.165, 1.54) is 0 Å². The Hall–Kier alpha value is -1.22. The van der Waals surface area contributed by atoms with Gasteiger partial charge in [-0.25, -0.2) is 0 Å². The minimum absolute atomic E-state index is 0.622. The summed E-state index contributed by atoms with van der Waals surface area (Å²) in [4.78, 5) is 1.98. The van der Waals surface area contributed by atoms with Crippen LogP contribution in [0.15, 0.2) is 29.4 Å². The first-order valence-corrected chi connectivity index (χ1v) is 4.42. The lowest BCUT2D eigenvalue weighted by Crippen LogP contribution is -2.11. The van der Waals surface area contributed by atoms with E-state index in [9.17, 15) is 0 Å². The van der Waals surface area contributed by atoms with Gasteiger partial charge >= 0.3 is 0 Å². The van der Waals surface area contributed by atoms with Crippen LogP contribution in [0.2, 0.25) is 5.02 Å². The Morgan fingerprint density at radius 1 is 1.31 bits per heavy atom. The molecule has 1 aliphatic heterocycles. The summed E-state index contributed by atoms with van der Waals surface area (Å²) in [5.74, 6) is 0.622. The van der Waals surface area contributed by atoms with Crippen LogP contribution in [0.25, 0.3) is 0 Å². The van der Waals surface area contributed by atoms with Crippen LogP contribution in [0.3, 0.4) is 0 Å². The molecule has 1 aliphatic rings. The van der Waals surface area contributed by atoms with Gasteiger partial charge in [0.05, 0.1) is 0 Å². The average molecular weight is 197 g/mol. The average Bonchev–Trinajstić information content (AvgIpc) is 2.93. The molecule has 0 spiro atoms. The summed E-state index contributed by atoms with van der Waals surface area (Å²) in [6.45, 7) is 1.92. The Morgan fingerprint density at radius 3 is 2.38 bits per heavy atom. The van der Waals surface area contributed by atoms with Gasteiger partial charge in [0.25, 0.3) is 0 Å². The predicted molar refractivity (Wildman–Crippen MR) is 51.3 cm³/mol. The fraction of sp³-hybridized carbons (Fsp3) is 0.222. The second kappa shape index (κ2) is 3.26. The van der Waals surface area contributed by atoms with Crippen LogP contribution in [0.1, 0.15) is 5.56 Å². The van der Waals surface area contributed by atoms with Gasteiger partial charge in [-0.3, -0.25) is 0 Å². The second-order valence-corrected chi connectivity index (χ2v) is 3.35. The zero-order chi connectivity index (χ0) is 9.26. The van der Waals surface area contributed by atoms with Crippen molar-refractivity contribution in [3.63, 3.8) is 0 Å². The number of amidine groups is 1. The largest absolute Gasteiger partial charge is 0.409 e. The van der Waals surface area contributed by atoms with Gasteiger partial charge in [0, 0.05) is 23.7 Å². The molecule has 1 N–H and O–H groups in total. The lowest BCUT2D eigenvalue weighted by Gasteiger charge is -2.04. The van der Waals surface area contributed by atoms with Crippen LogP contribution in [0.5, 0.6) is 0 Å². The molecule has 13 heavy (non-hydrogen) atoms. The molecular weight excluding hydrogens is 188 g/mol. The van der Waals surface area contributed by atoms with Crippen molar-refractivity contribution < 1.29 is 5.21 Å². The van der Waals surface area contributed by atoms with Gasteiger partial charge in [-0.2, -0.15) is 0 Å². The molecule has 1 aromatic carbocycles. The minimum atomic E-state index is 0.622. The number of hydrogen-bond donors (Lipinski definition) is 1. The van der Waals surface area contributed by atoms with E-state index in [0.717, 1.165) is 18.7 Å². The normalized spacial score (nSPS) is 16.1. The van der Waals surface area contributed by atoms with E-state index in [0.29, 0.717) is 10.9 Å². The van der Waals surface area contributed by atoms with Gasteiger partial charge in [0.2, 0.25) is 0 Å². The first-order chi connectivity index (χ1) is 6.31. The standard InChI is InChI=1S/C9H9ClN2O/c10-8-3-1-7(2-4-8)9(11-13)12-5-6-12/h1-4,13H,5-6H2/b11-9-. The maximum atomic E-state index is 8.77. The number of oxime groups is 1. The van der Waals surface area contributed by atoms with E-state index in [4.69, 9.17) is 16.8 Å². The molecule has 0 unspecified atom stereocenters. The molecule has 2 rings (SSSR count). The highest BCUT2D eigenvalue weighted by atomic mass is 35.5. The Kier molecular flexibility index (Phi) is 2.10. The molecule has 4 heteroatoms. The topological polar surface area (TPSA) is 35.6 Å². The van der Waals surface area contributed by atoms with Crippen molar-refractivity contribution >= 4 is 17.4 Å². The molecule has 0 aliphatic carbocycles. The molecule has 68 valence electrons. The number of halogens is 1. The number of benzene rings is 1. The molecule has 3 nitrogen and oxygen atoms in total. The van der Waals surface area contributed by atoms with Crippen LogP contribution in [-0.2, 0) is 0 Å². The van der Waals surface area contributed by atoms with Crippen molar-refractivity contribution in [1.82, 2.24) is 4.90 Å². The number of nitrogens with zero attached hydrogens (tertiary/aromatic N) is 2. The first kappa shape index (κ1) is 8.38. The van der Waals surface area contributed by atoms with E-state index in [1.807, 2.05) is 17.0 Å². The maximum Gasteiger partial charge on any atom is 0.175 e. The molecule has 1 heterocycles. The zero-order valence-corrected chi connectivity index (χ0v) is 7.70. The van der Waals surface area contributed by atoms with Gasteiger partial charge in [-0.15, -0.1) is 0 Å². The quantitative estimate of drug-likeness (QED) is 0.244. The van der Waals surface area contributed by atoms with E-state index < -0.39 is 0 Å².